The molecule has 146 valence electrons. The Balaban J connectivity index is 1.88. The van der Waals surface area contributed by atoms with Crippen molar-refractivity contribution in [2.75, 3.05) is 36.4 Å². The number of halogens is 2. The average molecular weight is 428 g/mol. The number of nitrogens with one attached hydrogen (secondary N) is 2. The highest BCUT2D eigenvalue weighted by molar-refractivity contribution is 7.78. The van der Waals surface area contributed by atoms with Crippen LogP contribution in [0.15, 0.2) is 36.4 Å². The van der Waals surface area contributed by atoms with Crippen LogP contribution in [0.5, 0.6) is 0 Å². The molecule has 27 heavy (non-hydrogen) atoms. The van der Waals surface area contributed by atoms with Crippen LogP contribution in [0.2, 0.25) is 10.0 Å². The molecular formula is C19H23Cl2N3O2S. The van der Waals surface area contributed by atoms with Crippen LogP contribution in [0, 0.1) is 0 Å². The van der Waals surface area contributed by atoms with Crippen LogP contribution >= 0.6 is 23.2 Å². The molecular weight excluding hydrogens is 405 g/mol. The van der Waals surface area contributed by atoms with E-state index >= 15 is 0 Å². The Morgan fingerprint density at radius 3 is 2.48 bits per heavy atom. The third-order valence-electron chi connectivity index (χ3n) is 4.61. The first-order valence-corrected chi connectivity index (χ1v) is 10.8. The molecule has 2 aromatic rings. The van der Waals surface area contributed by atoms with Crippen molar-refractivity contribution < 1.29 is 8.76 Å². The van der Waals surface area contributed by atoms with Crippen LogP contribution in [0.1, 0.15) is 24.1 Å². The van der Waals surface area contributed by atoms with Gasteiger partial charge >= 0.3 is 0 Å². The van der Waals surface area contributed by atoms with Crippen molar-refractivity contribution in [2.24, 2.45) is 0 Å². The van der Waals surface area contributed by atoms with Gasteiger partial charge in [-0.05, 0) is 48.4 Å². The van der Waals surface area contributed by atoms with Gasteiger partial charge in [0.2, 0.25) is 0 Å². The van der Waals surface area contributed by atoms with Crippen molar-refractivity contribution in [1.29, 1.82) is 0 Å². The van der Waals surface area contributed by atoms with Gasteiger partial charge in [0.05, 0.1) is 5.75 Å². The Kier molecular flexibility index (Phi) is 7.00. The van der Waals surface area contributed by atoms with E-state index in [9.17, 15) is 8.76 Å². The highest BCUT2D eigenvalue weighted by Gasteiger charge is 2.16. The number of nitrogens with zero attached hydrogens (tertiary/aromatic N) is 1. The molecule has 8 heteroatoms. The average Bonchev–Trinajstić information content (AvgIpc) is 2.62. The second kappa shape index (κ2) is 9.26. The Morgan fingerprint density at radius 1 is 1.19 bits per heavy atom. The van der Waals surface area contributed by atoms with E-state index in [4.69, 9.17) is 23.2 Å². The first-order chi connectivity index (χ1) is 12.9. The summed E-state index contributed by atoms with van der Waals surface area (Å²) < 4.78 is 20.7. The van der Waals surface area contributed by atoms with Gasteiger partial charge in [-0.1, -0.05) is 29.3 Å². The summed E-state index contributed by atoms with van der Waals surface area (Å²) in [7, 11) is 0. The zero-order valence-corrected chi connectivity index (χ0v) is 17.4. The molecule has 1 heterocycles. The van der Waals surface area contributed by atoms with Crippen LogP contribution in [-0.4, -0.2) is 34.9 Å². The number of benzene rings is 2. The minimum Gasteiger partial charge on any atom is -0.378 e. The lowest BCUT2D eigenvalue weighted by atomic mass is 10.1. The van der Waals surface area contributed by atoms with Crippen molar-refractivity contribution in [1.82, 2.24) is 5.32 Å². The summed E-state index contributed by atoms with van der Waals surface area (Å²) in [5.74, 6) is 0.0766. The summed E-state index contributed by atoms with van der Waals surface area (Å²) in [4.78, 5) is 2.31. The number of hydrogen-bond donors (Lipinski definition) is 3. The number of anilines is 2. The van der Waals surface area contributed by atoms with Crippen molar-refractivity contribution in [3.05, 3.63) is 57.6 Å². The Morgan fingerprint density at radius 2 is 1.85 bits per heavy atom. The van der Waals surface area contributed by atoms with E-state index < -0.39 is 11.1 Å². The Hall–Kier alpha value is -1.31. The quantitative estimate of drug-likeness (QED) is 0.599. The van der Waals surface area contributed by atoms with Gasteiger partial charge < -0.3 is 20.1 Å². The topological polar surface area (TPSA) is 64.6 Å². The summed E-state index contributed by atoms with van der Waals surface area (Å²) in [6.07, 6.45) is 0. The SMILES string of the molecule is CC(Nc1cc(N2CCNCC2)ccc1CS(=O)O)c1cc(Cl)cc(Cl)c1. The van der Waals surface area contributed by atoms with Crippen LogP contribution in [0.25, 0.3) is 0 Å². The Bertz CT molecular complexity index is 808. The predicted octanol–water partition coefficient (Wildman–Crippen LogP) is 4.30. The molecule has 2 unspecified atom stereocenters. The molecule has 0 aromatic heterocycles. The maximum Gasteiger partial charge on any atom is 0.157 e. The van der Waals surface area contributed by atoms with Crippen LogP contribution in [0.3, 0.4) is 0 Å². The van der Waals surface area contributed by atoms with Crippen LogP contribution in [-0.2, 0) is 16.8 Å². The lowest BCUT2D eigenvalue weighted by molar-refractivity contribution is 0.563. The summed E-state index contributed by atoms with van der Waals surface area (Å²) in [5, 5.41) is 7.97. The largest absolute Gasteiger partial charge is 0.378 e. The van der Waals surface area contributed by atoms with Crippen molar-refractivity contribution in [3.8, 4) is 0 Å². The molecule has 0 saturated carbocycles. The lowest BCUT2D eigenvalue weighted by Gasteiger charge is -2.30. The molecule has 0 bridgehead atoms. The third kappa shape index (κ3) is 5.59. The minimum atomic E-state index is -1.91. The lowest BCUT2D eigenvalue weighted by Crippen LogP contribution is -2.43. The third-order valence-corrected chi connectivity index (χ3v) is 5.61. The van der Waals surface area contributed by atoms with Gasteiger partial charge in [0, 0.05) is 53.6 Å². The molecule has 3 rings (SSSR count). The predicted molar refractivity (Wildman–Crippen MR) is 114 cm³/mol. The van der Waals surface area contributed by atoms with Gasteiger partial charge in [0.25, 0.3) is 0 Å². The Labute approximate surface area is 172 Å². The zero-order chi connectivity index (χ0) is 19.4. The fraction of sp³-hybridized carbons (Fsp3) is 0.368. The summed E-state index contributed by atoms with van der Waals surface area (Å²) in [6, 6.07) is 11.4. The maximum atomic E-state index is 11.4. The molecule has 2 aromatic carbocycles. The molecule has 1 saturated heterocycles. The van der Waals surface area contributed by atoms with E-state index in [1.54, 1.807) is 6.07 Å². The summed E-state index contributed by atoms with van der Waals surface area (Å²) in [5.41, 5.74) is 3.70. The second-order valence-electron chi connectivity index (χ2n) is 6.61. The molecule has 1 aliphatic heterocycles. The minimum absolute atomic E-state index is 0.0645. The smallest absolute Gasteiger partial charge is 0.157 e. The maximum absolute atomic E-state index is 11.4. The van der Waals surface area contributed by atoms with Crippen LogP contribution < -0.4 is 15.5 Å². The molecule has 0 spiro atoms. The van der Waals surface area contributed by atoms with Gasteiger partial charge in [-0.2, -0.15) is 0 Å². The van der Waals surface area contributed by atoms with E-state index in [0.29, 0.717) is 10.0 Å². The highest BCUT2D eigenvalue weighted by atomic mass is 35.5. The van der Waals surface area contributed by atoms with Gasteiger partial charge in [0.1, 0.15) is 0 Å². The monoisotopic (exact) mass is 427 g/mol. The number of hydrogen-bond acceptors (Lipinski definition) is 4. The van der Waals surface area contributed by atoms with E-state index in [1.807, 2.05) is 31.2 Å². The number of piperazine rings is 1. The molecule has 0 aliphatic carbocycles. The van der Waals surface area contributed by atoms with Crippen molar-refractivity contribution in [3.63, 3.8) is 0 Å². The standard InChI is InChI=1S/C19H23Cl2N3O2S/c1-13(15-8-16(20)10-17(21)9-15)23-19-11-18(24-6-4-22-5-7-24)3-2-14(19)12-27(25)26/h2-3,8-11,13,22-23H,4-7,12H2,1H3,(H,25,26). The normalized spacial score (nSPS) is 16.8. The highest BCUT2D eigenvalue weighted by Crippen LogP contribution is 2.30. The summed E-state index contributed by atoms with van der Waals surface area (Å²) >= 11 is 10.3. The molecule has 2 atom stereocenters. The second-order valence-corrected chi connectivity index (χ2v) is 8.42. The van der Waals surface area contributed by atoms with E-state index in [1.165, 1.54) is 0 Å². The fourth-order valence-corrected chi connectivity index (χ4v) is 4.28. The summed E-state index contributed by atoms with van der Waals surface area (Å²) in [6.45, 7) is 5.78. The van der Waals surface area contributed by atoms with Crippen molar-refractivity contribution in [2.45, 2.75) is 18.7 Å². The molecule has 0 amide bonds. The zero-order valence-electron chi connectivity index (χ0n) is 15.0. The number of rotatable bonds is 6. The van der Waals surface area contributed by atoms with Crippen molar-refractivity contribution >= 4 is 45.7 Å². The molecule has 1 aliphatic rings. The molecule has 5 nitrogen and oxygen atoms in total. The van der Waals surface area contributed by atoms with Gasteiger partial charge in [-0.25, -0.2) is 4.21 Å². The molecule has 3 N–H and O–H groups in total. The molecule has 0 radical (unpaired) electrons. The van der Waals surface area contributed by atoms with Gasteiger partial charge in [0.15, 0.2) is 11.1 Å². The van der Waals surface area contributed by atoms with E-state index in [2.05, 4.69) is 21.6 Å². The first kappa shape index (κ1) is 20.4. The van der Waals surface area contributed by atoms with Gasteiger partial charge in [-0.3, -0.25) is 0 Å². The first-order valence-electron chi connectivity index (χ1n) is 8.81. The molecule has 1 fully saturated rings. The van der Waals surface area contributed by atoms with Crippen LogP contribution in [0.4, 0.5) is 11.4 Å². The van der Waals surface area contributed by atoms with E-state index in [0.717, 1.165) is 48.7 Å². The van der Waals surface area contributed by atoms with E-state index in [-0.39, 0.29) is 11.8 Å². The van der Waals surface area contributed by atoms with Gasteiger partial charge in [-0.15, -0.1) is 0 Å². The fourth-order valence-electron chi connectivity index (χ4n) is 3.22.